The summed E-state index contributed by atoms with van der Waals surface area (Å²) in [6, 6.07) is 5.92. The van der Waals surface area contributed by atoms with E-state index in [0.29, 0.717) is 19.0 Å². The van der Waals surface area contributed by atoms with Crippen molar-refractivity contribution in [3.05, 3.63) is 35.5 Å². The number of likely N-dealkylation sites (tertiary alicyclic amines) is 1. The molecule has 3 heterocycles. The van der Waals surface area contributed by atoms with Crippen LogP contribution in [0.4, 0.5) is 0 Å². The van der Waals surface area contributed by atoms with Crippen LogP contribution in [-0.2, 0) is 0 Å². The highest BCUT2D eigenvalue weighted by Crippen LogP contribution is 2.32. The fraction of sp³-hybridized carbons (Fsp3) is 0.526. The van der Waals surface area contributed by atoms with Crippen LogP contribution in [-0.4, -0.2) is 53.2 Å². The average molecular weight is 327 g/mol. The monoisotopic (exact) mass is 327 g/mol. The molecule has 2 fully saturated rings. The number of hydrogen-bond acceptors (Lipinski definition) is 3. The van der Waals surface area contributed by atoms with Gasteiger partial charge in [-0.05, 0) is 55.6 Å². The average Bonchev–Trinajstić information content (AvgIpc) is 3.18. The lowest BCUT2D eigenvalue weighted by Crippen LogP contribution is -2.29. The molecule has 0 saturated carbocycles. The van der Waals surface area contributed by atoms with Gasteiger partial charge in [0.05, 0.1) is 6.10 Å². The second-order valence-electron chi connectivity index (χ2n) is 7.28. The molecule has 5 heteroatoms. The number of aromatic nitrogens is 1. The molecule has 0 spiro atoms. The first-order valence-electron chi connectivity index (χ1n) is 8.92. The molecule has 2 aromatic rings. The predicted molar refractivity (Wildman–Crippen MR) is 94.2 cm³/mol. The number of piperidine rings is 1. The summed E-state index contributed by atoms with van der Waals surface area (Å²) in [6.07, 6.45) is 3.98. The molecule has 2 aliphatic heterocycles. The summed E-state index contributed by atoms with van der Waals surface area (Å²) >= 11 is 0. The maximum atomic E-state index is 12.8. The van der Waals surface area contributed by atoms with E-state index in [0.717, 1.165) is 37.0 Å². The molecule has 1 aromatic heterocycles. The van der Waals surface area contributed by atoms with Crippen molar-refractivity contribution >= 4 is 16.8 Å². The number of H-pyrrole nitrogens is 1. The summed E-state index contributed by atoms with van der Waals surface area (Å²) in [5, 5.41) is 14.5. The van der Waals surface area contributed by atoms with Gasteiger partial charge in [-0.25, -0.2) is 0 Å². The zero-order valence-corrected chi connectivity index (χ0v) is 14.1. The second kappa shape index (κ2) is 6.22. The number of nitrogens with zero attached hydrogens (tertiary/aromatic N) is 1. The maximum Gasteiger partial charge on any atom is 0.253 e. The summed E-state index contributed by atoms with van der Waals surface area (Å²) in [7, 11) is 0. The molecule has 0 bridgehead atoms. The van der Waals surface area contributed by atoms with Crippen LogP contribution in [0.1, 0.15) is 41.6 Å². The zero-order chi connectivity index (χ0) is 16.7. The Morgan fingerprint density at radius 2 is 2.04 bits per heavy atom. The molecular formula is C19H25N3O2. The number of benzene rings is 1. The third-order valence-electron chi connectivity index (χ3n) is 5.60. The predicted octanol–water partition coefficient (Wildman–Crippen LogP) is 2.09. The molecule has 24 heavy (non-hydrogen) atoms. The molecule has 1 aromatic carbocycles. The second-order valence-corrected chi connectivity index (χ2v) is 7.28. The van der Waals surface area contributed by atoms with Gasteiger partial charge in [-0.3, -0.25) is 4.79 Å². The number of fused-ring (bicyclic) bond motifs is 1. The summed E-state index contributed by atoms with van der Waals surface area (Å²) in [5.74, 6) is 0.729. The largest absolute Gasteiger partial charge is 0.391 e. The Morgan fingerprint density at radius 3 is 2.75 bits per heavy atom. The van der Waals surface area contributed by atoms with E-state index in [1.807, 2.05) is 25.1 Å². The lowest BCUT2D eigenvalue weighted by Gasteiger charge is -2.22. The molecule has 2 aliphatic rings. The Kier molecular flexibility index (Phi) is 4.06. The van der Waals surface area contributed by atoms with Crippen LogP contribution >= 0.6 is 0 Å². The third kappa shape index (κ3) is 2.72. The third-order valence-corrected chi connectivity index (χ3v) is 5.60. The van der Waals surface area contributed by atoms with E-state index >= 15 is 0 Å². The van der Waals surface area contributed by atoms with E-state index in [9.17, 15) is 9.90 Å². The lowest BCUT2D eigenvalue weighted by atomic mass is 9.89. The molecular weight excluding hydrogens is 302 g/mol. The van der Waals surface area contributed by atoms with E-state index in [-0.39, 0.29) is 11.8 Å². The van der Waals surface area contributed by atoms with Gasteiger partial charge in [0.15, 0.2) is 0 Å². The standard InChI is InChI=1S/C19H25N3O2/c1-12-10-22(11-18(12)23)19(24)14-2-3-17-15(8-14)16(9-21-17)13-4-6-20-7-5-13/h2-3,8-9,12-13,18,20-21,23H,4-7,10-11H2,1H3/t12-,18-/m1/s1. The van der Waals surface area contributed by atoms with Gasteiger partial charge in [0.2, 0.25) is 0 Å². The Balaban J connectivity index is 1.63. The van der Waals surface area contributed by atoms with Crippen molar-refractivity contribution in [2.45, 2.75) is 31.8 Å². The summed E-state index contributed by atoms with van der Waals surface area (Å²) in [6.45, 7) is 5.17. The topological polar surface area (TPSA) is 68.4 Å². The minimum atomic E-state index is -0.407. The van der Waals surface area contributed by atoms with E-state index in [2.05, 4.69) is 16.5 Å². The Labute approximate surface area is 142 Å². The summed E-state index contributed by atoms with van der Waals surface area (Å²) in [5.41, 5.74) is 3.14. The number of carbonyl (C=O) groups excluding carboxylic acids is 1. The number of carbonyl (C=O) groups is 1. The van der Waals surface area contributed by atoms with Crippen LogP contribution in [0.3, 0.4) is 0 Å². The van der Waals surface area contributed by atoms with Crippen LogP contribution in [0.25, 0.3) is 10.9 Å². The molecule has 1 amide bonds. The van der Waals surface area contributed by atoms with Crippen LogP contribution in [0, 0.1) is 5.92 Å². The number of rotatable bonds is 2. The molecule has 2 atom stereocenters. The van der Waals surface area contributed by atoms with Gasteiger partial charge in [0, 0.05) is 41.7 Å². The molecule has 0 unspecified atom stereocenters. The molecule has 0 radical (unpaired) electrons. The van der Waals surface area contributed by atoms with Crippen molar-refractivity contribution < 1.29 is 9.90 Å². The summed E-state index contributed by atoms with van der Waals surface area (Å²) in [4.78, 5) is 17.9. The molecule has 0 aliphatic carbocycles. The first-order chi connectivity index (χ1) is 11.6. The number of amides is 1. The van der Waals surface area contributed by atoms with Crippen LogP contribution in [0.2, 0.25) is 0 Å². The van der Waals surface area contributed by atoms with Crippen LogP contribution < -0.4 is 5.32 Å². The number of hydrogen-bond donors (Lipinski definition) is 3. The molecule has 128 valence electrons. The number of β-amino-alcohol motifs (C(OH)–C–C–N with tert-alkyl or cyclic N) is 1. The van der Waals surface area contributed by atoms with Gasteiger partial charge in [-0.1, -0.05) is 6.92 Å². The van der Waals surface area contributed by atoms with E-state index in [1.54, 1.807) is 4.90 Å². The molecule has 4 rings (SSSR count). The van der Waals surface area contributed by atoms with E-state index in [4.69, 9.17) is 0 Å². The Hall–Kier alpha value is -1.85. The molecule has 5 nitrogen and oxygen atoms in total. The van der Waals surface area contributed by atoms with E-state index < -0.39 is 6.10 Å². The highest BCUT2D eigenvalue weighted by molar-refractivity contribution is 5.99. The number of aliphatic hydroxyl groups is 1. The van der Waals surface area contributed by atoms with Gasteiger partial charge in [0.1, 0.15) is 0 Å². The van der Waals surface area contributed by atoms with Crippen LogP contribution in [0.5, 0.6) is 0 Å². The van der Waals surface area contributed by atoms with Crippen molar-refractivity contribution in [3.8, 4) is 0 Å². The SMILES string of the molecule is C[C@@H]1CN(C(=O)c2ccc3[nH]cc(C4CCNCC4)c3c2)C[C@H]1O. The minimum Gasteiger partial charge on any atom is -0.391 e. The van der Waals surface area contributed by atoms with Crippen molar-refractivity contribution in [1.29, 1.82) is 0 Å². The quantitative estimate of drug-likeness (QED) is 0.791. The Bertz CT molecular complexity index is 738. The van der Waals surface area contributed by atoms with Gasteiger partial charge in [-0.15, -0.1) is 0 Å². The van der Waals surface area contributed by atoms with Gasteiger partial charge < -0.3 is 20.3 Å². The fourth-order valence-corrected chi connectivity index (χ4v) is 4.04. The van der Waals surface area contributed by atoms with Gasteiger partial charge in [-0.2, -0.15) is 0 Å². The first-order valence-corrected chi connectivity index (χ1v) is 8.92. The highest BCUT2D eigenvalue weighted by Gasteiger charge is 2.31. The lowest BCUT2D eigenvalue weighted by molar-refractivity contribution is 0.0765. The zero-order valence-electron chi connectivity index (χ0n) is 14.1. The normalized spacial score (nSPS) is 25.5. The number of aliphatic hydroxyl groups excluding tert-OH is 1. The van der Waals surface area contributed by atoms with Crippen molar-refractivity contribution in [1.82, 2.24) is 15.2 Å². The minimum absolute atomic E-state index is 0.0257. The van der Waals surface area contributed by atoms with Gasteiger partial charge >= 0.3 is 0 Å². The van der Waals surface area contributed by atoms with Crippen molar-refractivity contribution in [3.63, 3.8) is 0 Å². The molecule has 3 N–H and O–H groups in total. The van der Waals surface area contributed by atoms with Crippen LogP contribution in [0.15, 0.2) is 24.4 Å². The first kappa shape index (κ1) is 15.7. The number of aromatic amines is 1. The summed E-state index contributed by atoms with van der Waals surface area (Å²) < 4.78 is 0. The van der Waals surface area contributed by atoms with Crippen molar-refractivity contribution in [2.75, 3.05) is 26.2 Å². The Morgan fingerprint density at radius 1 is 1.25 bits per heavy atom. The van der Waals surface area contributed by atoms with Crippen molar-refractivity contribution in [2.24, 2.45) is 5.92 Å². The maximum absolute atomic E-state index is 12.8. The molecule has 2 saturated heterocycles. The fourth-order valence-electron chi connectivity index (χ4n) is 4.04. The highest BCUT2D eigenvalue weighted by atomic mass is 16.3. The smallest absolute Gasteiger partial charge is 0.253 e. The number of nitrogens with one attached hydrogen (secondary N) is 2. The van der Waals surface area contributed by atoms with E-state index in [1.165, 1.54) is 10.9 Å². The van der Waals surface area contributed by atoms with Gasteiger partial charge in [0.25, 0.3) is 5.91 Å².